The maximum absolute atomic E-state index is 13.9. The lowest BCUT2D eigenvalue weighted by Crippen LogP contribution is -2.43. The van der Waals surface area contributed by atoms with Crippen molar-refractivity contribution in [1.29, 1.82) is 0 Å². The summed E-state index contributed by atoms with van der Waals surface area (Å²) in [5.74, 6) is -0.180. The number of carbonyl (C=O) groups excluding carboxylic acids is 1. The minimum Gasteiger partial charge on any atom is -0.379 e. The Morgan fingerprint density at radius 2 is 1.82 bits per heavy atom. The van der Waals surface area contributed by atoms with Gasteiger partial charge in [0.15, 0.2) is 5.13 Å². The van der Waals surface area contributed by atoms with E-state index in [2.05, 4.69) is 11.0 Å². The van der Waals surface area contributed by atoms with Crippen LogP contribution in [0.1, 0.15) is 49.4 Å². The third-order valence-electron chi connectivity index (χ3n) is 7.81. The van der Waals surface area contributed by atoms with E-state index in [1.165, 1.54) is 17.8 Å². The number of amides is 1. The first-order valence-corrected chi connectivity index (χ1v) is 17.6. The van der Waals surface area contributed by atoms with Gasteiger partial charge in [-0.2, -0.15) is 4.31 Å². The average Bonchev–Trinajstić information content (AvgIpc) is 3.41. The highest BCUT2D eigenvalue weighted by Gasteiger charge is 2.31. The summed E-state index contributed by atoms with van der Waals surface area (Å²) in [4.78, 5) is 24.1. The molecule has 0 N–H and O–H groups in total. The van der Waals surface area contributed by atoms with Crippen LogP contribution in [0.25, 0.3) is 10.2 Å². The first-order valence-electron chi connectivity index (χ1n) is 14.1. The van der Waals surface area contributed by atoms with Crippen LogP contribution in [0.5, 0.6) is 0 Å². The number of sulfonamides is 1. The SMILES string of the molecule is CCN(C1CCCCC1)S(=O)(=O)c1ccc(C(=O)N(CCN2CCOCC2)c2nc3ccc(SC)cc3s2)cc1. The maximum atomic E-state index is 13.9. The van der Waals surface area contributed by atoms with Crippen molar-refractivity contribution in [2.45, 2.75) is 54.9 Å². The zero-order valence-electron chi connectivity index (χ0n) is 23.3. The summed E-state index contributed by atoms with van der Waals surface area (Å²) >= 11 is 3.19. The predicted molar refractivity (Wildman–Crippen MR) is 163 cm³/mol. The minimum atomic E-state index is -3.64. The molecule has 216 valence electrons. The van der Waals surface area contributed by atoms with Crippen LogP contribution in [-0.2, 0) is 14.8 Å². The quantitative estimate of drug-likeness (QED) is 0.290. The van der Waals surface area contributed by atoms with Crippen molar-refractivity contribution in [3.05, 3.63) is 48.0 Å². The molecule has 40 heavy (non-hydrogen) atoms. The summed E-state index contributed by atoms with van der Waals surface area (Å²) in [7, 11) is -3.64. The van der Waals surface area contributed by atoms with Gasteiger partial charge in [0.25, 0.3) is 5.91 Å². The summed E-state index contributed by atoms with van der Waals surface area (Å²) in [6, 6.07) is 12.6. The van der Waals surface area contributed by atoms with E-state index in [4.69, 9.17) is 9.72 Å². The molecule has 1 aliphatic carbocycles. The molecule has 1 amide bonds. The number of morpholine rings is 1. The van der Waals surface area contributed by atoms with Gasteiger partial charge in [-0.15, -0.1) is 11.8 Å². The number of ether oxygens (including phenoxy) is 1. The Bertz CT molecular complexity index is 1400. The van der Waals surface area contributed by atoms with Gasteiger partial charge in [0.05, 0.1) is 28.3 Å². The highest BCUT2D eigenvalue weighted by Crippen LogP contribution is 2.33. The number of hydrogen-bond donors (Lipinski definition) is 0. The van der Waals surface area contributed by atoms with Crippen molar-refractivity contribution in [3.63, 3.8) is 0 Å². The Hall–Kier alpha value is -2.02. The summed E-state index contributed by atoms with van der Waals surface area (Å²) in [6.07, 6.45) is 7.15. The van der Waals surface area contributed by atoms with Gasteiger partial charge in [-0.3, -0.25) is 14.6 Å². The second kappa shape index (κ2) is 13.3. The molecule has 2 heterocycles. The van der Waals surface area contributed by atoms with Crippen LogP contribution in [0.4, 0.5) is 5.13 Å². The number of hydrogen-bond acceptors (Lipinski definition) is 8. The van der Waals surface area contributed by atoms with Gasteiger partial charge in [-0.1, -0.05) is 37.5 Å². The largest absolute Gasteiger partial charge is 0.379 e. The number of anilines is 1. The summed E-state index contributed by atoms with van der Waals surface area (Å²) < 4.78 is 35.2. The zero-order valence-corrected chi connectivity index (χ0v) is 25.7. The molecule has 1 aliphatic heterocycles. The van der Waals surface area contributed by atoms with Crippen LogP contribution in [-0.4, -0.2) is 86.7 Å². The van der Waals surface area contributed by atoms with E-state index in [1.807, 2.05) is 25.3 Å². The maximum Gasteiger partial charge on any atom is 0.260 e. The lowest BCUT2D eigenvalue weighted by atomic mass is 9.95. The van der Waals surface area contributed by atoms with Crippen LogP contribution in [0, 0.1) is 0 Å². The molecule has 8 nitrogen and oxygen atoms in total. The van der Waals surface area contributed by atoms with Gasteiger partial charge in [0.1, 0.15) is 0 Å². The molecule has 0 unspecified atom stereocenters. The number of nitrogens with zero attached hydrogens (tertiary/aromatic N) is 4. The molecule has 2 aromatic carbocycles. The normalized spacial score (nSPS) is 17.5. The van der Waals surface area contributed by atoms with Gasteiger partial charge in [-0.05, 0) is 61.6 Å². The highest BCUT2D eigenvalue weighted by molar-refractivity contribution is 7.98. The number of aromatic nitrogens is 1. The first-order chi connectivity index (χ1) is 19.4. The molecule has 0 bridgehead atoms. The second-order valence-corrected chi connectivity index (χ2v) is 14.0. The fourth-order valence-electron chi connectivity index (χ4n) is 5.54. The molecule has 0 radical (unpaired) electrons. The van der Waals surface area contributed by atoms with E-state index in [-0.39, 0.29) is 16.8 Å². The van der Waals surface area contributed by atoms with E-state index in [9.17, 15) is 13.2 Å². The summed E-state index contributed by atoms with van der Waals surface area (Å²) in [5.41, 5.74) is 1.32. The van der Waals surface area contributed by atoms with Crippen LogP contribution < -0.4 is 4.90 Å². The fourth-order valence-corrected chi connectivity index (χ4v) is 8.78. The molecule has 11 heteroatoms. The molecule has 0 spiro atoms. The number of carbonyl (C=O) groups is 1. The van der Waals surface area contributed by atoms with E-state index in [0.29, 0.717) is 43.5 Å². The zero-order chi connectivity index (χ0) is 28.1. The molecule has 0 atom stereocenters. The summed E-state index contributed by atoms with van der Waals surface area (Å²) in [6.45, 7) is 6.59. The molecule has 1 saturated heterocycles. The van der Waals surface area contributed by atoms with Gasteiger partial charge in [-0.25, -0.2) is 13.4 Å². The molecular weight excluding hydrogens is 565 g/mol. The second-order valence-electron chi connectivity index (χ2n) is 10.3. The van der Waals surface area contributed by atoms with Crippen molar-refractivity contribution in [2.24, 2.45) is 0 Å². The van der Waals surface area contributed by atoms with Crippen molar-refractivity contribution < 1.29 is 17.9 Å². The molecule has 1 saturated carbocycles. The third kappa shape index (κ3) is 6.55. The molecule has 3 aromatic rings. The van der Waals surface area contributed by atoms with E-state index in [0.717, 1.165) is 53.9 Å². The van der Waals surface area contributed by atoms with E-state index in [1.54, 1.807) is 45.2 Å². The summed E-state index contributed by atoms with van der Waals surface area (Å²) in [5, 5.41) is 0.651. The van der Waals surface area contributed by atoms with Gasteiger partial charge in [0, 0.05) is 49.2 Å². The molecule has 2 aliphatic rings. The van der Waals surface area contributed by atoms with Gasteiger partial charge in [0.2, 0.25) is 10.0 Å². The van der Waals surface area contributed by atoms with Gasteiger partial charge >= 0.3 is 0 Å². The van der Waals surface area contributed by atoms with E-state index < -0.39 is 10.0 Å². The number of thioether (sulfide) groups is 1. The predicted octanol–water partition coefficient (Wildman–Crippen LogP) is 5.34. The lowest BCUT2D eigenvalue weighted by Gasteiger charge is -2.32. The Morgan fingerprint density at radius 1 is 1.10 bits per heavy atom. The van der Waals surface area contributed by atoms with Crippen molar-refractivity contribution in [2.75, 3.05) is 57.1 Å². The lowest BCUT2D eigenvalue weighted by molar-refractivity contribution is 0.0391. The highest BCUT2D eigenvalue weighted by atomic mass is 32.2. The molecular formula is C29H38N4O4S3. The number of fused-ring (bicyclic) bond motifs is 1. The van der Waals surface area contributed by atoms with E-state index >= 15 is 0 Å². The Kier molecular flexibility index (Phi) is 9.80. The number of rotatable bonds is 10. The smallest absolute Gasteiger partial charge is 0.260 e. The monoisotopic (exact) mass is 602 g/mol. The van der Waals surface area contributed by atoms with Crippen LogP contribution >= 0.6 is 23.1 Å². The molecule has 5 rings (SSSR count). The Morgan fingerprint density at radius 3 is 2.50 bits per heavy atom. The number of benzene rings is 2. The Balaban J connectivity index is 1.40. The fraction of sp³-hybridized carbons (Fsp3) is 0.517. The van der Waals surface area contributed by atoms with Crippen molar-refractivity contribution in [3.8, 4) is 0 Å². The molecule has 1 aromatic heterocycles. The van der Waals surface area contributed by atoms with Crippen LogP contribution in [0.2, 0.25) is 0 Å². The van der Waals surface area contributed by atoms with Crippen molar-refractivity contribution >= 4 is 54.4 Å². The van der Waals surface area contributed by atoms with Crippen LogP contribution in [0.3, 0.4) is 0 Å². The van der Waals surface area contributed by atoms with Gasteiger partial charge < -0.3 is 4.74 Å². The minimum absolute atomic E-state index is 0.0476. The third-order valence-corrected chi connectivity index (χ3v) is 11.6. The average molecular weight is 603 g/mol. The topological polar surface area (TPSA) is 83.1 Å². The van der Waals surface area contributed by atoms with Crippen molar-refractivity contribution in [1.82, 2.24) is 14.2 Å². The number of thiazole rings is 1. The molecule has 2 fully saturated rings. The first kappa shape index (κ1) is 29.5. The Labute approximate surface area is 245 Å². The standard InChI is InChI=1S/C29H38N4O4S3/c1-3-33(23-7-5-4-6-8-23)40(35,36)25-12-9-22(10-13-25)28(34)32(16-15-31-17-19-37-20-18-31)29-30-26-14-11-24(38-2)21-27(26)39-29/h9-14,21,23H,3-8,15-20H2,1-2H3. The van der Waals surface area contributed by atoms with Crippen LogP contribution in [0.15, 0.2) is 52.3 Å².